The van der Waals surface area contributed by atoms with Crippen LogP contribution in [0.5, 0.6) is 5.75 Å². The lowest BCUT2D eigenvalue weighted by Gasteiger charge is -2.08. The second-order valence-electron chi connectivity index (χ2n) is 3.71. The second-order valence-corrected chi connectivity index (χ2v) is 3.71. The number of hydrogen-bond acceptors (Lipinski definition) is 4. The molecule has 0 radical (unpaired) electrons. The van der Waals surface area contributed by atoms with Gasteiger partial charge in [-0.3, -0.25) is 0 Å². The molecule has 0 aliphatic carbocycles. The number of rotatable bonds is 6. The highest BCUT2D eigenvalue weighted by molar-refractivity contribution is 5.91. The van der Waals surface area contributed by atoms with Crippen molar-refractivity contribution in [1.29, 1.82) is 0 Å². The number of hydrogen-bond donors (Lipinski definition) is 1. The Hall–Kier alpha value is -1.71. The fourth-order valence-electron chi connectivity index (χ4n) is 1.38. The van der Waals surface area contributed by atoms with E-state index in [-0.39, 0.29) is 5.97 Å². The van der Waals surface area contributed by atoms with Crippen molar-refractivity contribution in [2.45, 2.75) is 26.7 Å². The lowest BCUT2D eigenvalue weighted by atomic mass is 10.2. The molecule has 4 nitrogen and oxygen atoms in total. The number of nitrogen functional groups attached to an aromatic ring is 1. The molecule has 0 saturated carbocycles. The van der Waals surface area contributed by atoms with Gasteiger partial charge in [-0.2, -0.15) is 0 Å². The molecule has 0 atom stereocenters. The van der Waals surface area contributed by atoms with E-state index in [2.05, 4.69) is 0 Å². The van der Waals surface area contributed by atoms with Crippen molar-refractivity contribution in [3.8, 4) is 5.75 Å². The smallest absolute Gasteiger partial charge is 0.338 e. The highest BCUT2D eigenvalue weighted by atomic mass is 16.5. The van der Waals surface area contributed by atoms with Gasteiger partial charge in [0.15, 0.2) is 0 Å². The Balaban J connectivity index is 2.71. The summed E-state index contributed by atoms with van der Waals surface area (Å²) in [6, 6.07) is 4.93. The van der Waals surface area contributed by atoms with E-state index < -0.39 is 0 Å². The van der Waals surface area contributed by atoms with E-state index in [9.17, 15) is 4.79 Å². The molecule has 0 amide bonds. The zero-order chi connectivity index (χ0) is 12.7. The van der Waals surface area contributed by atoms with Gasteiger partial charge in [-0.25, -0.2) is 4.79 Å². The van der Waals surface area contributed by atoms with Crippen LogP contribution in [-0.2, 0) is 4.74 Å². The molecule has 2 N–H and O–H groups in total. The largest absolute Gasteiger partial charge is 0.494 e. The molecular formula is C13H19NO3. The molecule has 1 aromatic carbocycles. The summed E-state index contributed by atoms with van der Waals surface area (Å²) >= 11 is 0. The van der Waals surface area contributed by atoms with E-state index in [1.807, 2.05) is 13.8 Å². The number of benzene rings is 1. The van der Waals surface area contributed by atoms with Gasteiger partial charge in [0, 0.05) is 11.8 Å². The predicted octanol–water partition coefficient (Wildman–Crippen LogP) is 2.62. The molecule has 1 aromatic rings. The number of unbranched alkanes of at least 4 members (excludes halogenated alkanes) is 1. The van der Waals surface area contributed by atoms with Gasteiger partial charge in [0.1, 0.15) is 5.75 Å². The monoisotopic (exact) mass is 237 g/mol. The third-order valence-corrected chi connectivity index (χ3v) is 2.21. The number of esters is 1. The van der Waals surface area contributed by atoms with Crippen molar-refractivity contribution in [2.75, 3.05) is 18.9 Å². The number of carbonyl (C=O) groups is 1. The van der Waals surface area contributed by atoms with Crippen molar-refractivity contribution in [3.63, 3.8) is 0 Å². The Morgan fingerprint density at radius 2 is 2.06 bits per heavy atom. The van der Waals surface area contributed by atoms with E-state index in [1.54, 1.807) is 18.2 Å². The average Bonchev–Trinajstić information content (AvgIpc) is 2.29. The SMILES string of the molecule is CCCCOC(=O)c1cc(N)cc(OCC)c1. The van der Waals surface area contributed by atoms with Crippen molar-refractivity contribution in [1.82, 2.24) is 0 Å². The second kappa shape index (κ2) is 6.78. The molecule has 1 rings (SSSR count). The lowest BCUT2D eigenvalue weighted by molar-refractivity contribution is 0.0499. The van der Waals surface area contributed by atoms with Crippen LogP contribution < -0.4 is 10.5 Å². The minimum Gasteiger partial charge on any atom is -0.494 e. The van der Waals surface area contributed by atoms with Crippen LogP contribution in [0.3, 0.4) is 0 Å². The Kier molecular flexibility index (Phi) is 5.33. The summed E-state index contributed by atoms with van der Waals surface area (Å²) < 4.78 is 10.4. The fourth-order valence-corrected chi connectivity index (χ4v) is 1.38. The van der Waals surface area contributed by atoms with Gasteiger partial charge in [-0.1, -0.05) is 13.3 Å². The third kappa shape index (κ3) is 4.34. The van der Waals surface area contributed by atoms with E-state index >= 15 is 0 Å². The maximum absolute atomic E-state index is 11.7. The van der Waals surface area contributed by atoms with Gasteiger partial charge in [-0.05, 0) is 25.5 Å². The van der Waals surface area contributed by atoms with E-state index in [4.69, 9.17) is 15.2 Å². The molecule has 0 spiro atoms. The van der Waals surface area contributed by atoms with Gasteiger partial charge in [-0.15, -0.1) is 0 Å². The first-order valence-corrected chi connectivity index (χ1v) is 5.87. The lowest BCUT2D eigenvalue weighted by Crippen LogP contribution is -2.07. The minimum absolute atomic E-state index is 0.355. The van der Waals surface area contributed by atoms with E-state index in [0.29, 0.717) is 30.2 Å². The van der Waals surface area contributed by atoms with Crippen LogP contribution in [0.15, 0.2) is 18.2 Å². The van der Waals surface area contributed by atoms with Gasteiger partial charge in [0.25, 0.3) is 0 Å². The summed E-state index contributed by atoms with van der Waals surface area (Å²) in [5.41, 5.74) is 6.63. The standard InChI is InChI=1S/C13H19NO3/c1-3-5-6-17-13(15)10-7-11(14)9-12(8-10)16-4-2/h7-9H,3-6,14H2,1-2H3. The molecule has 0 bridgehead atoms. The zero-order valence-electron chi connectivity index (χ0n) is 10.4. The first-order valence-electron chi connectivity index (χ1n) is 5.87. The maximum atomic E-state index is 11.7. The summed E-state index contributed by atoms with van der Waals surface area (Å²) in [5, 5.41) is 0. The minimum atomic E-state index is -0.355. The van der Waals surface area contributed by atoms with Crippen LogP contribution in [0.4, 0.5) is 5.69 Å². The summed E-state index contributed by atoms with van der Waals surface area (Å²) in [7, 11) is 0. The molecule has 0 saturated heterocycles. The quantitative estimate of drug-likeness (QED) is 0.469. The van der Waals surface area contributed by atoms with E-state index in [0.717, 1.165) is 12.8 Å². The molecule has 4 heteroatoms. The molecule has 0 aliphatic rings. The van der Waals surface area contributed by atoms with E-state index in [1.165, 1.54) is 0 Å². The highest BCUT2D eigenvalue weighted by Gasteiger charge is 2.09. The van der Waals surface area contributed by atoms with Crippen LogP contribution in [0.2, 0.25) is 0 Å². The normalized spacial score (nSPS) is 10.0. The summed E-state index contributed by atoms with van der Waals surface area (Å²) in [5.74, 6) is 0.238. The van der Waals surface area contributed by atoms with Crippen LogP contribution in [-0.4, -0.2) is 19.2 Å². The van der Waals surface area contributed by atoms with Gasteiger partial charge in [0.05, 0.1) is 18.8 Å². The summed E-state index contributed by atoms with van der Waals surface area (Å²) in [4.78, 5) is 11.7. The van der Waals surface area contributed by atoms with Crippen LogP contribution >= 0.6 is 0 Å². The average molecular weight is 237 g/mol. The molecule has 0 aliphatic heterocycles. The molecule has 0 fully saturated rings. The van der Waals surface area contributed by atoms with Crippen molar-refractivity contribution in [2.24, 2.45) is 0 Å². The van der Waals surface area contributed by atoms with Crippen molar-refractivity contribution < 1.29 is 14.3 Å². The topological polar surface area (TPSA) is 61.5 Å². The molecule has 0 unspecified atom stereocenters. The molecule has 0 aromatic heterocycles. The van der Waals surface area contributed by atoms with Gasteiger partial charge in [0.2, 0.25) is 0 Å². The Bertz CT molecular complexity index is 377. The Morgan fingerprint density at radius 3 is 2.71 bits per heavy atom. The van der Waals surface area contributed by atoms with Crippen molar-refractivity contribution in [3.05, 3.63) is 23.8 Å². The Morgan fingerprint density at radius 1 is 1.29 bits per heavy atom. The maximum Gasteiger partial charge on any atom is 0.338 e. The summed E-state index contributed by atoms with van der Waals surface area (Å²) in [6.45, 7) is 4.89. The predicted molar refractivity (Wildman–Crippen MR) is 67.2 cm³/mol. The summed E-state index contributed by atoms with van der Waals surface area (Å²) in [6.07, 6.45) is 1.86. The molecular weight excluding hydrogens is 218 g/mol. The highest BCUT2D eigenvalue weighted by Crippen LogP contribution is 2.19. The van der Waals surface area contributed by atoms with Crippen molar-refractivity contribution >= 4 is 11.7 Å². The zero-order valence-corrected chi connectivity index (χ0v) is 10.4. The van der Waals surface area contributed by atoms with Crippen LogP contribution in [0, 0.1) is 0 Å². The molecule has 17 heavy (non-hydrogen) atoms. The number of anilines is 1. The number of ether oxygens (including phenoxy) is 2. The van der Waals surface area contributed by atoms with Gasteiger partial charge >= 0.3 is 5.97 Å². The van der Waals surface area contributed by atoms with Crippen LogP contribution in [0.1, 0.15) is 37.0 Å². The molecule has 94 valence electrons. The number of nitrogens with two attached hydrogens (primary N) is 1. The third-order valence-electron chi connectivity index (χ3n) is 2.21. The van der Waals surface area contributed by atoms with Gasteiger partial charge < -0.3 is 15.2 Å². The first-order chi connectivity index (χ1) is 8.17. The van der Waals surface area contributed by atoms with Crippen LogP contribution in [0.25, 0.3) is 0 Å². The fraction of sp³-hybridized carbons (Fsp3) is 0.462. The molecule has 0 heterocycles. The first kappa shape index (κ1) is 13.4. The Labute approximate surface area is 102 Å². The number of carbonyl (C=O) groups excluding carboxylic acids is 1.